The third kappa shape index (κ3) is 5.79. The first-order chi connectivity index (χ1) is 7.36. The zero-order chi connectivity index (χ0) is 10.9. The standard InChI is InChI=1S/C12H25NOS/c1-3-7-13-11(4-2)6-5-8-15-12-9-14-10-12/h11-13H,3-10H2,1-2H3. The Kier molecular flexibility index (Phi) is 7.49. The molecule has 0 aromatic carbocycles. The Labute approximate surface area is 98.5 Å². The highest BCUT2D eigenvalue weighted by Gasteiger charge is 2.18. The summed E-state index contributed by atoms with van der Waals surface area (Å²) in [5, 5.41) is 4.40. The smallest absolute Gasteiger partial charge is 0.0607 e. The third-order valence-electron chi connectivity index (χ3n) is 2.83. The summed E-state index contributed by atoms with van der Waals surface area (Å²) >= 11 is 2.09. The molecule has 1 atom stereocenters. The first kappa shape index (κ1) is 13.3. The van der Waals surface area contributed by atoms with E-state index in [-0.39, 0.29) is 0 Å². The van der Waals surface area contributed by atoms with Gasteiger partial charge in [0, 0.05) is 6.04 Å². The second-order valence-electron chi connectivity index (χ2n) is 4.23. The maximum absolute atomic E-state index is 5.15. The van der Waals surface area contributed by atoms with Gasteiger partial charge in [-0.1, -0.05) is 13.8 Å². The van der Waals surface area contributed by atoms with Crippen molar-refractivity contribution in [1.82, 2.24) is 5.32 Å². The lowest BCUT2D eigenvalue weighted by atomic mass is 10.1. The first-order valence-corrected chi connectivity index (χ1v) is 7.34. The number of thioether (sulfide) groups is 1. The molecule has 0 saturated carbocycles. The molecule has 0 spiro atoms. The van der Waals surface area contributed by atoms with Gasteiger partial charge < -0.3 is 10.1 Å². The van der Waals surface area contributed by atoms with Crippen LogP contribution in [0.4, 0.5) is 0 Å². The molecule has 1 unspecified atom stereocenters. The van der Waals surface area contributed by atoms with Crippen LogP contribution in [0.2, 0.25) is 0 Å². The summed E-state index contributed by atoms with van der Waals surface area (Å²) in [5.41, 5.74) is 0. The van der Waals surface area contributed by atoms with Gasteiger partial charge in [0.1, 0.15) is 0 Å². The highest BCUT2D eigenvalue weighted by Crippen LogP contribution is 2.20. The molecule has 0 bridgehead atoms. The molecule has 1 rings (SSSR count). The summed E-state index contributed by atoms with van der Waals surface area (Å²) in [6, 6.07) is 0.739. The van der Waals surface area contributed by atoms with Crippen molar-refractivity contribution < 1.29 is 4.74 Å². The van der Waals surface area contributed by atoms with E-state index in [0.29, 0.717) is 0 Å². The number of rotatable bonds is 9. The van der Waals surface area contributed by atoms with Crippen LogP contribution < -0.4 is 5.32 Å². The summed E-state index contributed by atoms with van der Waals surface area (Å²) in [7, 11) is 0. The highest BCUT2D eigenvalue weighted by atomic mass is 32.2. The van der Waals surface area contributed by atoms with E-state index < -0.39 is 0 Å². The van der Waals surface area contributed by atoms with Gasteiger partial charge >= 0.3 is 0 Å². The van der Waals surface area contributed by atoms with E-state index in [4.69, 9.17) is 4.74 Å². The molecule has 3 heteroatoms. The summed E-state index contributed by atoms with van der Waals surface area (Å²) < 4.78 is 5.15. The molecule has 0 aromatic rings. The van der Waals surface area contributed by atoms with Gasteiger partial charge in [-0.3, -0.25) is 0 Å². The van der Waals surface area contributed by atoms with Gasteiger partial charge in [0.2, 0.25) is 0 Å². The predicted molar refractivity (Wildman–Crippen MR) is 68.7 cm³/mol. The number of ether oxygens (including phenoxy) is 1. The minimum absolute atomic E-state index is 0.739. The molecule has 0 radical (unpaired) electrons. The number of nitrogens with one attached hydrogen (secondary N) is 1. The van der Waals surface area contributed by atoms with Gasteiger partial charge in [-0.05, 0) is 38.0 Å². The largest absolute Gasteiger partial charge is 0.379 e. The van der Waals surface area contributed by atoms with Crippen molar-refractivity contribution in [3.8, 4) is 0 Å². The minimum Gasteiger partial charge on any atom is -0.379 e. The van der Waals surface area contributed by atoms with Crippen molar-refractivity contribution in [1.29, 1.82) is 0 Å². The van der Waals surface area contributed by atoms with Crippen LogP contribution >= 0.6 is 11.8 Å². The lowest BCUT2D eigenvalue weighted by Crippen LogP contribution is -2.31. The third-order valence-corrected chi connectivity index (χ3v) is 4.10. The molecule has 1 saturated heterocycles. The highest BCUT2D eigenvalue weighted by molar-refractivity contribution is 8.00. The molecule has 0 aliphatic carbocycles. The van der Waals surface area contributed by atoms with Gasteiger partial charge in [0.15, 0.2) is 0 Å². The van der Waals surface area contributed by atoms with Crippen molar-refractivity contribution >= 4 is 11.8 Å². The van der Waals surface area contributed by atoms with Crippen LogP contribution in [0.25, 0.3) is 0 Å². The predicted octanol–water partition coefficient (Wildman–Crippen LogP) is 2.68. The SMILES string of the molecule is CCCNC(CC)CCCSC1COC1. The number of hydrogen-bond acceptors (Lipinski definition) is 3. The van der Waals surface area contributed by atoms with E-state index in [9.17, 15) is 0 Å². The van der Waals surface area contributed by atoms with Crippen LogP contribution in [0.3, 0.4) is 0 Å². The quantitative estimate of drug-likeness (QED) is 0.617. The average Bonchev–Trinajstić information content (AvgIpc) is 2.19. The summed E-state index contributed by atoms with van der Waals surface area (Å²) in [4.78, 5) is 0. The molecule has 90 valence electrons. The van der Waals surface area contributed by atoms with E-state index in [0.717, 1.165) is 24.5 Å². The van der Waals surface area contributed by atoms with Crippen molar-refractivity contribution in [2.45, 2.75) is 50.8 Å². The monoisotopic (exact) mass is 231 g/mol. The Balaban J connectivity index is 1.90. The normalized spacial score (nSPS) is 18.8. The van der Waals surface area contributed by atoms with Crippen LogP contribution in [-0.2, 0) is 4.74 Å². The van der Waals surface area contributed by atoms with Crippen LogP contribution in [0.1, 0.15) is 39.5 Å². The van der Waals surface area contributed by atoms with Crippen LogP contribution in [0.15, 0.2) is 0 Å². The molecule has 1 aliphatic rings. The zero-order valence-corrected chi connectivity index (χ0v) is 10.9. The van der Waals surface area contributed by atoms with Crippen molar-refractivity contribution in [2.75, 3.05) is 25.5 Å². The van der Waals surface area contributed by atoms with E-state index in [1.54, 1.807) is 0 Å². The molecular weight excluding hydrogens is 206 g/mol. The van der Waals surface area contributed by atoms with E-state index in [2.05, 4.69) is 30.9 Å². The summed E-state index contributed by atoms with van der Waals surface area (Å²) in [5.74, 6) is 1.30. The van der Waals surface area contributed by atoms with Gasteiger partial charge in [-0.25, -0.2) is 0 Å². The molecule has 15 heavy (non-hydrogen) atoms. The Hall–Kier alpha value is 0.270. The fourth-order valence-electron chi connectivity index (χ4n) is 1.69. The Morgan fingerprint density at radius 3 is 2.73 bits per heavy atom. The Morgan fingerprint density at radius 2 is 2.20 bits per heavy atom. The fourth-order valence-corrected chi connectivity index (χ4v) is 2.74. The minimum atomic E-state index is 0.739. The maximum Gasteiger partial charge on any atom is 0.0607 e. The average molecular weight is 231 g/mol. The van der Waals surface area contributed by atoms with Crippen molar-refractivity contribution in [2.24, 2.45) is 0 Å². The topological polar surface area (TPSA) is 21.3 Å². The lowest BCUT2D eigenvalue weighted by molar-refractivity contribution is 0.0455. The fraction of sp³-hybridized carbons (Fsp3) is 1.00. The lowest BCUT2D eigenvalue weighted by Gasteiger charge is -2.25. The molecule has 1 aliphatic heterocycles. The molecule has 2 nitrogen and oxygen atoms in total. The molecule has 0 amide bonds. The van der Waals surface area contributed by atoms with Gasteiger partial charge in [0.05, 0.1) is 18.5 Å². The maximum atomic E-state index is 5.15. The van der Waals surface area contributed by atoms with E-state index >= 15 is 0 Å². The summed E-state index contributed by atoms with van der Waals surface area (Å²) in [6.07, 6.45) is 5.18. The van der Waals surface area contributed by atoms with Crippen molar-refractivity contribution in [3.05, 3.63) is 0 Å². The van der Waals surface area contributed by atoms with Gasteiger partial charge in [-0.2, -0.15) is 11.8 Å². The number of hydrogen-bond donors (Lipinski definition) is 1. The molecule has 0 aromatic heterocycles. The van der Waals surface area contributed by atoms with E-state index in [1.165, 1.54) is 38.0 Å². The first-order valence-electron chi connectivity index (χ1n) is 6.29. The van der Waals surface area contributed by atoms with Crippen molar-refractivity contribution in [3.63, 3.8) is 0 Å². The molecular formula is C12H25NOS. The molecule has 1 heterocycles. The van der Waals surface area contributed by atoms with Crippen LogP contribution in [0.5, 0.6) is 0 Å². The second kappa shape index (κ2) is 8.43. The van der Waals surface area contributed by atoms with Crippen LogP contribution in [0, 0.1) is 0 Å². The molecule has 1 N–H and O–H groups in total. The van der Waals surface area contributed by atoms with Gasteiger partial charge in [0.25, 0.3) is 0 Å². The zero-order valence-electron chi connectivity index (χ0n) is 10.1. The van der Waals surface area contributed by atoms with Gasteiger partial charge in [-0.15, -0.1) is 0 Å². The molecule has 1 fully saturated rings. The summed E-state index contributed by atoms with van der Waals surface area (Å²) in [6.45, 7) is 7.64. The Bertz CT molecular complexity index is 151. The second-order valence-corrected chi connectivity index (χ2v) is 5.64. The Morgan fingerprint density at radius 1 is 1.40 bits per heavy atom. The van der Waals surface area contributed by atoms with Crippen LogP contribution in [-0.4, -0.2) is 36.8 Å². The van der Waals surface area contributed by atoms with E-state index in [1.807, 2.05) is 0 Å².